The molecule has 0 spiro atoms. The van der Waals surface area contributed by atoms with Gasteiger partial charge in [0.2, 0.25) is 5.91 Å². The van der Waals surface area contributed by atoms with Crippen molar-refractivity contribution in [3.8, 4) is 5.75 Å². The SMILES string of the molecule is CNC(=O)[C@H](Cc1ccccc1)N(Cc1cccc(Br)c1)C(=O)COc1ccccc1F. The summed E-state index contributed by atoms with van der Waals surface area (Å²) < 4.78 is 20.3. The Morgan fingerprint density at radius 3 is 2.38 bits per heavy atom. The predicted octanol–water partition coefficient (Wildman–Crippen LogP) is 4.35. The number of halogens is 2. The maximum atomic E-state index is 13.9. The largest absolute Gasteiger partial charge is 0.481 e. The number of nitrogens with zero attached hydrogens (tertiary/aromatic N) is 1. The van der Waals surface area contributed by atoms with Crippen LogP contribution in [0.1, 0.15) is 11.1 Å². The molecule has 5 nitrogen and oxygen atoms in total. The number of hydrogen-bond acceptors (Lipinski definition) is 3. The van der Waals surface area contributed by atoms with Crippen LogP contribution in [0.25, 0.3) is 0 Å². The minimum atomic E-state index is -0.766. The van der Waals surface area contributed by atoms with Gasteiger partial charge in [-0.2, -0.15) is 0 Å². The normalized spacial score (nSPS) is 11.5. The number of ether oxygens (including phenoxy) is 1. The Labute approximate surface area is 195 Å². The second-order valence-electron chi connectivity index (χ2n) is 7.19. The molecule has 3 aromatic rings. The molecule has 0 radical (unpaired) electrons. The van der Waals surface area contributed by atoms with Crippen molar-refractivity contribution in [3.63, 3.8) is 0 Å². The first-order chi connectivity index (χ1) is 15.5. The molecular weight excluding hydrogens is 475 g/mol. The minimum Gasteiger partial charge on any atom is -0.481 e. The third kappa shape index (κ3) is 6.40. The van der Waals surface area contributed by atoms with Gasteiger partial charge in [-0.1, -0.05) is 70.5 Å². The zero-order chi connectivity index (χ0) is 22.9. The molecule has 1 atom stereocenters. The van der Waals surface area contributed by atoms with Gasteiger partial charge in [0.15, 0.2) is 18.2 Å². The molecular formula is C25H24BrFN2O3. The van der Waals surface area contributed by atoms with E-state index in [4.69, 9.17) is 4.74 Å². The van der Waals surface area contributed by atoms with Crippen molar-refractivity contribution >= 4 is 27.7 Å². The van der Waals surface area contributed by atoms with Gasteiger partial charge >= 0.3 is 0 Å². The molecule has 2 amide bonds. The number of carbonyl (C=O) groups excluding carboxylic acids is 2. The van der Waals surface area contributed by atoms with Crippen molar-refractivity contribution in [1.29, 1.82) is 0 Å². The summed E-state index contributed by atoms with van der Waals surface area (Å²) in [5.41, 5.74) is 1.77. The molecule has 0 fully saturated rings. The van der Waals surface area contributed by atoms with E-state index in [9.17, 15) is 14.0 Å². The Hall–Kier alpha value is -3.19. The molecule has 3 rings (SSSR count). The highest BCUT2D eigenvalue weighted by Crippen LogP contribution is 2.19. The van der Waals surface area contributed by atoms with Gasteiger partial charge < -0.3 is 15.0 Å². The molecule has 0 aliphatic carbocycles. The lowest BCUT2D eigenvalue weighted by molar-refractivity contribution is -0.142. The van der Waals surface area contributed by atoms with Gasteiger partial charge in [-0.3, -0.25) is 9.59 Å². The van der Waals surface area contributed by atoms with Gasteiger partial charge in [0, 0.05) is 24.5 Å². The highest BCUT2D eigenvalue weighted by molar-refractivity contribution is 9.10. The highest BCUT2D eigenvalue weighted by atomic mass is 79.9. The lowest BCUT2D eigenvalue weighted by Crippen LogP contribution is -2.51. The average Bonchev–Trinajstić information content (AvgIpc) is 2.81. The van der Waals surface area contributed by atoms with Crippen LogP contribution in [0.4, 0.5) is 4.39 Å². The number of para-hydroxylation sites is 1. The van der Waals surface area contributed by atoms with Gasteiger partial charge in [0.25, 0.3) is 5.91 Å². The summed E-state index contributed by atoms with van der Waals surface area (Å²) in [6, 6.07) is 22.1. The van der Waals surface area contributed by atoms with E-state index in [1.807, 2.05) is 54.6 Å². The van der Waals surface area contributed by atoms with Crippen molar-refractivity contribution < 1.29 is 18.7 Å². The van der Waals surface area contributed by atoms with E-state index in [1.165, 1.54) is 24.1 Å². The van der Waals surface area contributed by atoms with Gasteiger partial charge in [0.1, 0.15) is 6.04 Å². The topological polar surface area (TPSA) is 58.6 Å². The molecule has 0 saturated heterocycles. The Balaban J connectivity index is 1.88. The zero-order valence-corrected chi connectivity index (χ0v) is 19.2. The molecule has 0 aliphatic heterocycles. The number of hydrogen-bond donors (Lipinski definition) is 1. The summed E-state index contributed by atoms with van der Waals surface area (Å²) in [5, 5.41) is 2.66. The molecule has 0 saturated carbocycles. The minimum absolute atomic E-state index is 0.0113. The number of benzene rings is 3. The lowest BCUT2D eigenvalue weighted by Gasteiger charge is -2.31. The van der Waals surface area contributed by atoms with Crippen LogP contribution < -0.4 is 10.1 Å². The standard InChI is InChI=1S/C25H24BrFN2O3/c1-28-25(31)22(15-18-8-3-2-4-9-18)29(16-19-10-7-11-20(26)14-19)24(30)17-32-23-13-6-5-12-21(23)27/h2-14,22H,15-17H2,1H3,(H,28,31)/t22-/m0/s1. The van der Waals surface area contributed by atoms with Crippen molar-refractivity contribution in [2.75, 3.05) is 13.7 Å². The van der Waals surface area contributed by atoms with E-state index in [1.54, 1.807) is 12.1 Å². The van der Waals surface area contributed by atoms with Crippen molar-refractivity contribution in [1.82, 2.24) is 10.2 Å². The van der Waals surface area contributed by atoms with Crippen molar-refractivity contribution in [2.24, 2.45) is 0 Å². The van der Waals surface area contributed by atoms with E-state index in [2.05, 4.69) is 21.2 Å². The third-order valence-corrected chi connectivity index (χ3v) is 5.44. The summed E-state index contributed by atoms with van der Waals surface area (Å²) in [6.07, 6.45) is 0.333. The predicted molar refractivity (Wildman–Crippen MR) is 125 cm³/mol. The van der Waals surface area contributed by atoms with Crippen LogP contribution in [-0.2, 0) is 22.6 Å². The average molecular weight is 499 g/mol. The monoisotopic (exact) mass is 498 g/mol. The summed E-state index contributed by atoms with van der Waals surface area (Å²) in [7, 11) is 1.54. The first-order valence-electron chi connectivity index (χ1n) is 10.1. The van der Waals surface area contributed by atoms with Gasteiger partial charge in [-0.05, 0) is 35.4 Å². The van der Waals surface area contributed by atoms with Crippen LogP contribution in [0.2, 0.25) is 0 Å². The quantitative estimate of drug-likeness (QED) is 0.476. The molecule has 0 aliphatic rings. The van der Waals surface area contributed by atoms with Gasteiger partial charge in [-0.25, -0.2) is 4.39 Å². The summed E-state index contributed by atoms with van der Waals surface area (Å²) in [4.78, 5) is 27.6. The highest BCUT2D eigenvalue weighted by Gasteiger charge is 2.30. The molecule has 0 unspecified atom stereocenters. The fourth-order valence-corrected chi connectivity index (χ4v) is 3.78. The first-order valence-corrected chi connectivity index (χ1v) is 10.9. The number of nitrogens with one attached hydrogen (secondary N) is 1. The second-order valence-corrected chi connectivity index (χ2v) is 8.11. The van der Waals surface area contributed by atoms with E-state index in [-0.39, 0.29) is 18.2 Å². The first kappa shape index (κ1) is 23.5. The molecule has 0 bridgehead atoms. The van der Waals surface area contributed by atoms with Crippen LogP contribution in [0, 0.1) is 5.82 Å². The number of rotatable bonds is 9. The van der Waals surface area contributed by atoms with Crippen molar-refractivity contribution in [2.45, 2.75) is 19.0 Å². The third-order valence-electron chi connectivity index (χ3n) is 4.95. The van der Waals surface area contributed by atoms with E-state index < -0.39 is 24.4 Å². The lowest BCUT2D eigenvalue weighted by atomic mass is 10.0. The Kier molecular flexibility index (Phi) is 8.39. The van der Waals surface area contributed by atoms with Crippen LogP contribution in [0.15, 0.2) is 83.3 Å². The molecule has 166 valence electrons. The molecule has 1 N–H and O–H groups in total. The maximum Gasteiger partial charge on any atom is 0.261 e. The Bertz CT molecular complexity index is 1060. The number of likely N-dealkylation sites (N-methyl/N-ethyl adjacent to an activating group) is 1. The molecule has 3 aromatic carbocycles. The number of amides is 2. The summed E-state index contributed by atoms with van der Waals surface area (Å²) in [5.74, 6) is -1.27. The molecule has 32 heavy (non-hydrogen) atoms. The van der Waals surface area contributed by atoms with Crippen LogP contribution in [0.5, 0.6) is 5.75 Å². The van der Waals surface area contributed by atoms with Crippen molar-refractivity contribution in [3.05, 3.63) is 100 Å². The smallest absolute Gasteiger partial charge is 0.261 e. The summed E-state index contributed by atoms with van der Waals surface area (Å²) >= 11 is 3.44. The second kappa shape index (κ2) is 11.4. The summed E-state index contributed by atoms with van der Waals surface area (Å²) in [6.45, 7) is -0.193. The Morgan fingerprint density at radius 1 is 1.00 bits per heavy atom. The molecule has 0 aromatic heterocycles. The van der Waals surface area contributed by atoms with Crippen LogP contribution in [-0.4, -0.2) is 36.4 Å². The Morgan fingerprint density at radius 2 is 1.69 bits per heavy atom. The zero-order valence-electron chi connectivity index (χ0n) is 17.6. The molecule has 7 heteroatoms. The van der Waals surface area contributed by atoms with Crippen LogP contribution in [0.3, 0.4) is 0 Å². The maximum absolute atomic E-state index is 13.9. The fraction of sp³-hybridized carbons (Fsp3) is 0.200. The van der Waals surface area contributed by atoms with E-state index in [0.29, 0.717) is 6.42 Å². The van der Waals surface area contributed by atoms with Gasteiger partial charge in [-0.15, -0.1) is 0 Å². The van der Waals surface area contributed by atoms with Crippen LogP contribution >= 0.6 is 15.9 Å². The molecule has 0 heterocycles. The number of carbonyl (C=O) groups is 2. The van der Waals surface area contributed by atoms with Gasteiger partial charge in [0.05, 0.1) is 0 Å². The van der Waals surface area contributed by atoms with E-state index in [0.717, 1.165) is 15.6 Å². The fourth-order valence-electron chi connectivity index (χ4n) is 3.34. The van der Waals surface area contributed by atoms with E-state index >= 15 is 0 Å².